The van der Waals surface area contributed by atoms with Gasteiger partial charge in [0.15, 0.2) is 0 Å². The van der Waals surface area contributed by atoms with Crippen LogP contribution in [0.4, 0.5) is 0 Å². The lowest BCUT2D eigenvalue weighted by Gasteiger charge is -2.29. The molecular weight excluding hydrogens is 216 g/mol. The van der Waals surface area contributed by atoms with E-state index in [9.17, 15) is 9.59 Å². The second-order valence-electron chi connectivity index (χ2n) is 6.36. The van der Waals surface area contributed by atoms with E-state index in [1.165, 1.54) is 12.8 Å². The molecule has 2 fully saturated rings. The Labute approximate surface area is 103 Å². The minimum atomic E-state index is -0.647. The van der Waals surface area contributed by atoms with Crippen molar-refractivity contribution in [3.05, 3.63) is 0 Å². The zero-order chi connectivity index (χ0) is 12.6. The van der Waals surface area contributed by atoms with Crippen LogP contribution in [0.1, 0.15) is 46.5 Å². The van der Waals surface area contributed by atoms with E-state index in [-0.39, 0.29) is 18.3 Å². The summed E-state index contributed by atoms with van der Waals surface area (Å²) in [5.41, 5.74) is -0.647. The number of carbonyl (C=O) groups excluding carboxylic acids is 2. The summed E-state index contributed by atoms with van der Waals surface area (Å²) < 4.78 is 5.48. The molecule has 0 heterocycles. The third kappa shape index (κ3) is 2.53. The number of carbonyl (C=O) groups is 2. The van der Waals surface area contributed by atoms with E-state index in [1.54, 1.807) is 13.8 Å². The lowest BCUT2D eigenvalue weighted by atomic mass is 9.83. The Hall–Kier alpha value is -0.860. The summed E-state index contributed by atoms with van der Waals surface area (Å²) in [5.74, 6) is 2.01. The van der Waals surface area contributed by atoms with Gasteiger partial charge < -0.3 is 9.53 Å². The van der Waals surface area contributed by atoms with Crippen LogP contribution in [0.2, 0.25) is 0 Å². The molecule has 0 radical (unpaired) electrons. The van der Waals surface area contributed by atoms with Crippen molar-refractivity contribution in [3.8, 4) is 0 Å². The fourth-order valence-electron chi connectivity index (χ4n) is 3.44. The van der Waals surface area contributed by atoms with E-state index < -0.39 is 5.60 Å². The molecule has 0 N–H and O–H groups in total. The second-order valence-corrected chi connectivity index (χ2v) is 6.36. The average molecular weight is 238 g/mol. The summed E-state index contributed by atoms with van der Waals surface area (Å²) in [7, 11) is 0. The molecule has 0 aromatic heterocycles. The van der Waals surface area contributed by atoms with Gasteiger partial charge in [-0.2, -0.15) is 0 Å². The number of aldehydes is 1. The Morgan fingerprint density at radius 2 is 2.00 bits per heavy atom. The van der Waals surface area contributed by atoms with E-state index in [2.05, 4.69) is 6.92 Å². The summed E-state index contributed by atoms with van der Waals surface area (Å²) in [6, 6.07) is 0. The van der Waals surface area contributed by atoms with Crippen LogP contribution >= 0.6 is 0 Å². The summed E-state index contributed by atoms with van der Waals surface area (Å²) >= 11 is 0. The molecule has 2 saturated carbocycles. The number of fused-ring (bicyclic) bond motifs is 2. The van der Waals surface area contributed by atoms with Crippen molar-refractivity contribution >= 4 is 12.3 Å². The van der Waals surface area contributed by atoms with E-state index in [4.69, 9.17) is 4.74 Å². The SMILES string of the molecule is CC1CC2CC1CC2C(=O)OC(C)(C)CC=O. The van der Waals surface area contributed by atoms with Crippen LogP contribution < -0.4 is 0 Å². The first-order valence-corrected chi connectivity index (χ1v) is 6.59. The maximum atomic E-state index is 12.1. The molecule has 0 saturated heterocycles. The predicted octanol–water partition coefficient (Wildman–Crippen LogP) is 2.58. The molecule has 0 aromatic rings. The first kappa shape index (κ1) is 12.6. The number of ether oxygens (including phenoxy) is 1. The van der Waals surface area contributed by atoms with Crippen molar-refractivity contribution in [1.82, 2.24) is 0 Å². The molecule has 4 unspecified atom stereocenters. The van der Waals surface area contributed by atoms with Gasteiger partial charge in [0.1, 0.15) is 11.9 Å². The molecular formula is C14H22O3. The highest BCUT2D eigenvalue weighted by Crippen LogP contribution is 2.52. The molecule has 3 nitrogen and oxygen atoms in total. The van der Waals surface area contributed by atoms with Crippen LogP contribution in [0.15, 0.2) is 0 Å². The minimum absolute atomic E-state index is 0.0853. The van der Waals surface area contributed by atoms with Gasteiger partial charge in [0.05, 0.1) is 5.92 Å². The summed E-state index contributed by atoms with van der Waals surface area (Å²) in [6.07, 6.45) is 4.43. The fourth-order valence-corrected chi connectivity index (χ4v) is 3.44. The van der Waals surface area contributed by atoms with E-state index in [1.807, 2.05) is 0 Å². The van der Waals surface area contributed by atoms with Gasteiger partial charge in [0, 0.05) is 6.42 Å². The molecule has 0 spiro atoms. The van der Waals surface area contributed by atoms with Gasteiger partial charge >= 0.3 is 5.97 Å². The molecule has 0 aromatic carbocycles. The van der Waals surface area contributed by atoms with Gasteiger partial charge in [-0.1, -0.05) is 6.92 Å². The molecule has 2 aliphatic carbocycles. The highest BCUT2D eigenvalue weighted by atomic mass is 16.6. The molecule has 0 aliphatic heterocycles. The normalized spacial score (nSPS) is 35.9. The van der Waals surface area contributed by atoms with E-state index in [0.29, 0.717) is 11.8 Å². The van der Waals surface area contributed by atoms with E-state index >= 15 is 0 Å². The van der Waals surface area contributed by atoms with Gasteiger partial charge in [-0.25, -0.2) is 0 Å². The van der Waals surface area contributed by atoms with Crippen LogP contribution in [0.3, 0.4) is 0 Å². The summed E-state index contributed by atoms with van der Waals surface area (Å²) in [4.78, 5) is 22.6. The number of hydrogen-bond donors (Lipinski definition) is 0. The van der Waals surface area contributed by atoms with Crippen molar-refractivity contribution in [2.45, 2.75) is 52.1 Å². The molecule has 17 heavy (non-hydrogen) atoms. The zero-order valence-electron chi connectivity index (χ0n) is 10.9. The smallest absolute Gasteiger partial charge is 0.309 e. The van der Waals surface area contributed by atoms with Crippen molar-refractivity contribution in [2.24, 2.45) is 23.7 Å². The molecule has 2 aliphatic rings. The van der Waals surface area contributed by atoms with Gasteiger partial charge in [0.25, 0.3) is 0 Å². The molecule has 0 amide bonds. The summed E-state index contributed by atoms with van der Waals surface area (Å²) in [5, 5.41) is 0. The Kier molecular flexibility index (Phi) is 3.28. The molecule has 3 heteroatoms. The summed E-state index contributed by atoms with van der Waals surface area (Å²) in [6.45, 7) is 5.88. The maximum Gasteiger partial charge on any atom is 0.309 e. The van der Waals surface area contributed by atoms with Crippen molar-refractivity contribution in [1.29, 1.82) is 0 Å². The molecule has 2 bridgehead atoms. The lowest BCUT2D eigenvalue weighted by Crippen LogP contribution is -2.34. The first-order valence-electron chi connectivity index (χ1n) is 6.59. The van der Waals surface area contributed by atoms with Crippen molar-refractivity contribution in [2.75, 3.05) is 0 Å². The molecule has 4 atom stereocenters. The third-order valence-electron chi connectivity index (χ3n) is 4.47. The van der Waals surface area contributed by atoms with Crippen LogP contribution in [0.25, 0.3) is 0 Å². The average Bonchev–Trinajstić information content (AvgIpc) is 2.74. The predicted molar refractivity (Wildman–Crippen MR) is 64.3 cm³/mol. The highest BCUT2D eigenvalue weighted by molar-refractivity contribution is 5.74. The number of esters is 1. The van der Waals surface area contributed by atoms with Crippen molar-refractivity contribution < 1.29 is 14.3 Å². The van der Waals surface area contributed by atoms with Crippen LogP contribution in [-0.2, 0) is 14.3 Å². The van der Waals surface area contributed by atoms with E-state index in [0.717, 1.165) is 18.6 Å². The Balaban J connectivity index is 1.92. The minimum Gasteiger partial charge on any atom is -0.459 e. The highest BCUT2D eigenvalue weighted by Gasteiger charge is 2.48. The standard InChI is InChI=1S/C14H22O3/c1-9-6-11-7-10(9)8-12(11)13(16)17-14(2,3)4-5-15/h5,9-12H,4,6-8H2,1-3H3. The fraction of sp³-hybridized carbons (Fsp3) is 0.857. The lowest BCUT2D eigenvalue weighted by molar-refractivity contribution is -0.164. The third-order valence-corrected chi connectivity index (χ3v) is 4.47. The topological polar surface area (TPSA) is 43.4 Å². The molecule has 2 rings (SSSR count). The quantitative estimate of drug-likeness (QED) is 0.558. The van der Waals surface area contributed by atoms with Gasteiger partial charge in [-0.05, 0) is 50.9 Å². The first-order chi connectivity index (χ1) is 7.93. The number of rotatable bonds is 4. The van der Waals surface area contributed by atoms with Crippen molar-refractivity contribution in [3.63, 3.8) is 0 Å². The van der Waals surface area contributed by atoms with Gasteiger partial charge in [-0.3, -0.25) is 4.79 Å². The Morgan fingerprint density at radius 1 is 1.29 bits per heavy atom. The van der Waals surface area contributed by atoms with Gasteiger partial charge in [0.2, 0.25) is 0 Å². The number of hydrogen-bond acceptors (Lipinski definition) is 3. The Bertz CT molecular complexity index is 319. The molecule has 96 valence electrons. The van der Waals surface area contributed by atoms with Crippen LogP contribution in [0, 0.1) is 23.7 Å². The maximum absolute atomic E-state index is 12.1. The van der Waals surface area contributed by atoms with Gasteiger partial charge in [-0.15, -0.1) is 0 Å². The van der Waals surface area contributed by atoms with Crippen LogP contribution in [0.5, 0.6) is 0 Å². The Morgan fingerprint density at radius 3 is 2.47 bits per heavy atom. The zero-order valence-corrected chi connectivity index (χ0v) is 10.9. The largest absolute Gasteiger partial charge is 0.459 e. The monoisotopic (exact) mass is 238 g/mol. The second kappa shape index (κ2) is 4.43. The van der Waals surface area contributed by atoms with Crippen LogP contribution in [-0.4, -0.2) is 17.9 Å².